The summed E-state index contributed by atoms with van der Waals surface area (Å²) >= 11 is 0. The molecule has 0 bridgehead atoms. The van der Waals surface area contributed by atoms with Crippen LogP contribution in [0.2, 0.25) is 0 Å². The summed E-state index contributed by atoms with van der Waals surface area (Å²) in [5.74, 6) is 0.0150. The lowest BCUT2D eigenvalue weighted by molar-refractivity contribution is -0.126. The average Bonchev–Trinajstić information content (AvgIpc) is 2.76. The zero-order valence-corrected chi connectivity index (χ0v) is 9.85. The van der Waals surface area contributed by atoms with Crippen LogP contribution < -0.4 is 0 Å². The Balaban J connectivity index is 2.01. The van der Waals surface area contributed by atoms with Crippen LogP contribution in [-0.4, -0.2) is 23.6 Å². The Morgan fingerprint density at radius 2 is 1.94 bits per heavy atom. The Morgan fingerprint density at radius 3 is 2.53 bits per heavy atom. The molecule has 0 saturated carbocycles. The SMILES string of the molecule is CN(Cc1ccccc1)C(=O)C1=CC(=O)CC1. The maximum Gasteiger partial charge on any atom is 0.249 e. The van der Waals surface area contributed by atoms with E-state index < -0.39 is 0 Å². The van der Waals surface area contributed by atoms with Crippen LogP contribution in [-0.2, 0) is 16.1 Å². The molecule has 17 heavy (non-hydrogen) atoms. The van der Waals surface area contributed by atoms with Crippen molar-refractivity contribution in [1.82, 2.24) is 4.90 Å². The molecule has 1 aliphatic carbocycles. The van der Waals surface area contributed by atoms with Crippen molar-refractivity contribution in [2.24, 2.45) is 0 Å². The maximum absolute atomic E-state index is 12.0. The number of likely N-dealkylation sites (N-methyl/N-ethyl adjacent to an activating group) is 1. The van der Waals surface area contributed by atoms with Crippen LogP contribution in [0, 0.1) is 0 Å². The quantitative estimate of drug-likeness (QED) is 0.794. The molecular formula is C14H15NO2. The van der Waals surface area contributed by atoms with Crippen LogP contribution in [0.4, 0.5) is 0 Å². The molecule has 88 valence electrons. The second-order valence-electron chi connectivity index (χ2n) is 4.28. The number of hydrogen-bond donors (Lipinski definition) is 0. The van der Waals surface area contributed by atoms with Gasteiger partial charge in [-0.05, 0) is 18.1 Å². The fourth-order valence-corrected chi connectivity index (χ4v) is 1.94. The van der Waals surface area contributed by atoms with Gasteiger partial charge >= 0.3 is 0 Å². The normalized spacial score (nSPS) is 14.6. The van der Waals surface area contributed by atoms with E-state index in [0.29, 0.717) is 25.0 Å². The molecule has 0 radical (unpaired) electrons. The van der Waals surface area contributed by atoms with Crippen molar-refractivity contribution in [2.75, 3.05) is 7.05 Å². The van der Waals surface area contributed by atoms with Crippen LogP contribution in [0.5, 0.6) is 0 Å². The van der Waals surface area contributed by atoms with Gasteiger partial charge in [0, 0.05) is 25.6 Å². The first-order valence-electron chi connectivity index (χ1n) is 5.69. The third-order valence-corrected chi connectivity index (χ3v) is 2.86. The first-order valence-corrected chi connectivity index (χ1v) is 5.69. The highest BCUT2D eigenvalue weighted by atomic mass is 16.2. The highest BCUT2D eigenvalue weighted by Gasteiger charge is 2.21. The molecule has 0 heterocycles. The molecule has 0 fully saturated rings. The van der Waals surface area contributed by atoms with E-state index in [1.165, 1.54) is 6.08 Å². The van der Waals surface area contributed by atoms with E-state index in [1.807, 2.05) is 30.3 Å². The van der Waals surface area contributed by atoms with Gasteiger partial charge in [-0.2, -0.15) is 0 Å². The first kappa shape index (κ1) is 11.6. The minimum Gasteiger partial charge on any atom is -0.338 e. The fourth-order valence-electron chi connectivity index (χ4n) is 1.94. The smallest absolute Gasteiger partial charge is 0.249 e. The van der Waals surface area contributed by atoms with Crippen LogP contribution in [0.25, 0.3) is 0 Å². The molecule has 1 aliphatic rings. The number of benzene rings is 1. The molecular weight excluding hydrogens is 214 g/mol. The van der Waals surface area contributed by atoms with Crippen LogP contribution in [0.3, 0.4) is 0 Å². The summed E-state index contributed by atoms with van der Waals surface area (Å²) in [4.78, 5) is 24.7. The molecule has 1 aromatic rings. The summed E-state index contributed by atoms with van der Waals surface area (Å²) < 4.78 is 0. The molecule has 0 aliphatic heterocycles. The number of amides is 1. The standard InChI is InChI=1S/C14H15NO2/c1-15(10-11-5-3-2-4-6-11)14(17)12-7-8-13(16)9-12/h2-6,9H,7-8,10H2,1H3. The van der Waals surface area contributed by atoms with Crippen molar-refractivity contribution in [3.05, 3.63) is 47.5 Å². The van der Waals surface area contributed by atoms with Crippen LogP contribution >= 0.6 is 0 Å². The molecule has 2 rings (SSSR count). The number of carbonyl (C=O) groups is 2. The molecule has 0 unspecified atom stereocenters. The van der Waals surface area contributed by atoms with Crippen molar-refractivity contribution in [2.45, 2.75) is 19.4 Å². The van der Waals surface area contributed by atoms with E-state index in [9.17, 15) is 9.59 Å². The Labute approximate surface area is 101 Å². The van der Waals surface area contributed by atoms with Gasteiger partial charge in [0.25, 0.3) is 0 Å². The van der Waals surface area contributed by atoms with Gasteiger partial charge in [0.05, 0.1) is 0 Å². The van der Waals surface area contributed by atoms with Gasteiger partial charge in [-0.25, -0.2) is 0 Å². The number of carbonyl (C=O) groups excluding carboxylic acids is 2. The van der Waals surface area contributed by atoms with E-state index in [0.717, 1.165) is 5.56 Å². The number of rotatable bonds is 3. The van der Waals surface area contributed by atoms with Crippen molar-refractivity contribution in [3.63, 3.8) is 0 Å². The van der Waals surface area contributed by atoms with Gasteiger partial charge in [0.2, 0.25) is 5.91 Å². The minimum atomic E-state index is -0.0419. The molecule has 3 nitrogen and oxygen atoms in total. The molecule has 0 spiro atoms. The predicted molar refractivity (Wildman–Crippen MR) is 65.2 cm³/mol. The highest BCUT2D eigenvalue weighted by Crippen LogP contribution is 2.17. The summed E-state index contributed by atoms with van der Waals surface area (Å²) in [6.45, 7) is 0.575. The third-order valence-electron chi connectivity index (χ3n) is 2.86. The summed E-state index contributed by atoms with van der Waals surface area (Å²) in [6.07, 6.45) is 2.53. The lowest BCUT2D eigenvalue weighted by Gasteiger charge is -2.17. The zero-order chi connectivity index (χ0) is 12.3. The number of ketones is 1. The van der Waals surface area contributed by atoms with Gasteiger partial charge in [-0.3, -0.25) is 9.59 Å². The number of nitrogens with zero attached hydrogens (tertiary/aromatic N) is 1. The summed E-state index contributed by atoms with van der Waals surface area (Å²) in [5, 5.41) is 0. The van der Waals surface area contributed by atoms with Crippen LogP contribution in [0.15, 0.2) is 42.0 Å². The molecule has 0 atom stereocenters. The number of hydrogen-bond acceptors (Lipinski definition) is 2. The maximum atomic E-state index is 12.0. The Bertz CT molecular complexity index is 462. The van der Waals surface area contributed by atoms with Gasteiger partial charge < -0.3 is 4.90 Å². The molecule has 0 saturated heterocycles. The Hall–Kier alpha value is -1.90. The monoisotopic (exact) mass is 229 g/mol. The lowest BCUT2D eigenvalue weighted by atomic mass is 10.2. The van der Waals surface area contributed by atoms with E-state index in [-0.39, 0.29) is 11.7 Å². The zero-order valence-electron chi connectivity index (χ0n) is 9.85. The molecule has 0 N–H and O–H groups in total. The van der Waals surface area contributed by atoms with E-state index in [1.54, 1.807) is 11.9 Å². The minimum absolute atomic E-state index is 0.0419. The van der Waals surface area contributed by atoms with Crippen molar-refractivity contribution in [3.8, 4) is 0 Å². The second kappa shape index (κ2) is 4.95. The molecule has 3 heteroatoms. The predicted octanol–water partition coefficient (Wildman–Crippen LogP) is 1.93. The Morgan fingerprint density at radius 1 is 1.24 bits per heavy atom. The van der Waals surface area contributed by atoms with Crippen molar-refractivity contribution in [1.29, 1.82) is 0 Å². The lowest BCUT2D eigenvalue weighted by Crippen LogP contribution is -2.27. The molecule has 1 amide bonds. The largest absolute Gasteiger partial charge is 0.338 e. The van der Waals surface area contributed by atoms with E-state index in [4.69, 9.17) is 0 Å². The molecule has 0 aromatic heterocycles. The van der Waals surface area contributed by atoms with Crippen molar-refractivity contribution >= 4 is 11.7 Å². The van der Waals surface area contributed by atoms with Gasteiger partial charge in [0.1, 0.15) is 0 Å². The fraction of sp³-hybridized carbons (Fsp3) is 0.286. The van der Waals surface area contributed by atoms with Gasteiger partial charge in [-0.1, -0.05) is 30.3 Å². The molecule has 1 aromatic carbocycles. The second-order valence-corrected chi connectivity index (χ2v) is 4.28. The summed E-state index contributed by atoms with van der Waals surface area (Å²) in [5.41, 5.74) is 1.72. The van der Waals surface area contributed by atoms with Gasteiger partial charge in [0.15, 0.2) is 5.78 Å². The summed E-state index contributed by atoms with van der Waals surface area (Å²) in [6, 6.07) is 9.82. The van der Waals surface area contributed by atoms with Crippen molar-refractivity contribution < 1.29 is 9.59 Å². The average molecular weight is 229 g/mol. The Kier molecular flexibility index (Phi) is 3.38. The highest BCUT2D eigenvalue weighted by molar-refractivity contribution is 6.05. The first-order chi connectivity index (χ1) is 8.16. The number of allylic oxidation sites excluding steroid dienone is 1. The van der Waals surface area contributed by atoms with E-state index in [2.05, 4.69) is 0 Å². The van der Waals surface area contributed by atoms with E-state index >= 15 is 0 Å². The topological polar surface area (TPSA) is 37.4 Å². The van der Waals surface area contributed by atoms with Gasteiger partial charge in [-0.15, -0.1) is 0 Å². The third kappa shape index (κ3) is 2.81. The van der Waals surface area contributed by atoms with Crippen LogP contribution in [0.1, 0.15) is 18.4 Å². The summed E-state index contributed by atoms with van der Waals surface area (Å²) in [7, 11) is 1.76.